The lowest BCUT2D eigenvalue weighted by molar-refractivity contribution is -0.918. The molecule has 2 rings (SSSR count). The molecule has 1 unspecified atom stereocenters. The molecule has 1 amide bonds. The van der Waals surface area contributed by atoms with Gasteiger partial charge in [0.1, 0.15) is 0 Å². The number of nitrogens with zero attached hydrogens (tertiary/aromatic N) is 1. The maximum absolute atomic E-state index is 11.2. The SMILES string of the molecule is C[N+]12CCC[C@H]1CC(=O)NCC2. The Hall–Kier alpha value is -0.570. The van der Waals surface area contributed by atoms with Crippen molar-refractivity contribution in [3.05, 3.63) is 0 Å². The molecule has 0 aromatic heterocycles. The second-order valence-electron chi connectivity index (χ2n) is 4.28. The summed E-state index contributed by atoms with van der Waals surface area (Å²) < 4.78 is 1.12. The van der Waals surface area contributed by atoms with Crippen LogP contribution in [0.4, 0.5) is 0 Å². The molecule has 0 aromatic rings. The second kappa shape index (κ2) is 2.73. The Morgan fingerprint density at radius 2 is 2.33 bits per heavy atom. The number of carbonyl (C=O) groups is 1. The first-order valence-electron chi connectivity index (χ1n) is 4.82. The van der Waals surface area contributed by atoms with Crippen LogP contribution in [-0.2, 0) is 4.79 Å². The van der Waals surface area contributed by atoms with Crippen LogP contribution in [0.3, 0.4) is 0 Å². The molecule has 12 heavy (non-hydrogen) atoms. The number of carbonyl (C=O) groups excluding carboxylic acids is 1. The predicted molar refractivity (Wildman–Crippen MR) is 46.6 cm³/mol. The second-order valence-corrected chi connectivity index (χ2v) is 4.28. The molecule has 0 bridgehead atoms. The molecule has 2 atom stereocenters. The fraction of sp³-hybridized carbons (Fsp3) is 0.889. The van der Waals surface area contributed by atoms with Gasteiger partial charge in [0, 0.05) is 12.8 Å². The fourth-order valence-electron chi connectivity index (χ4n) is 2.54. The minimum Gasteiger partial charge on any atom is -0.350 e. The van der Waals surface area contributed by atoms with E-state index in [0.29, 0.717) is 6.04 Å². The largest absolute Gasteiger partial charge is 0.350 e. The summed E-state index contributed by atoms with van der Waals surface area (Å²) >= 11 is 0. The van der Waals surface area contributed by atoms with E-state index in [9.17, 15) is 4.79 Å². The molecule has 0 saturated carbocycles. The number of hydrogen-bond acceptors (Lipinski definition) is 1. The van der Waals surface area contributed by atoms with E-state index in [4.69, 9.17) is 0 Å². The molecule has 1 N–H and O–H groups in total. The number of fused-ring (bicyclic) bond motifs is 1. The van der Waals surface area contributed by atoms with Crippen molar-refractivity contribution in [2.45, 2.75) is 25.3 Å². The summed E-state index contributed by atoms with van der Waals surface area (Å²) in [7, 11) is 2.29. The first-order chi connectivity index (χ1) is 5.71. The van der Waals surface area contributed by atoms with Crippen LogP contribution in [0.2, 0.25) is 0 Å². The Morgan fingerprint density at radius 3 is 3.17 bits per heavy atom. The number of rotatable bonds is 0. The molecule has 0 aromatic carbocycles. The monoisotopic (exact) mass is 169 g/mol. The van der Waals surface area contributed by atoms with Crippen LogP contribution in [0.15, 0.2) is 0 Å². The quantitative estimate of drug-likeness (QED) is 0.513. The van der Waals surface area contributed by atoms with E-state index in [-0.39, 0.29) is 5.91 Å². The van der Waals surface area contributed by atoms with Gasteiger partial charge in [-0.2, -0.15) is 0 Å². The van der Waals surface area contributed by atoms with Gasteiger partial charge in [0.25, 0.3) is 0 Å². The zero-order chi connectivity index (χ0) is 8.60. The predicted octanol–water partition coefficient (Wildman–Crippen LogP) is 0.115. The summed E-state index contributed by atoms with van der Waals surface area (Å²) in [5, 5.41) is 2.94. The van der Waals surface area contributed by atoms with E-state index in [1.54, 1.807) is 0 Å². The third kappa shape index (κ3) is 1.22. The summed E-state index contributed by atoms with van der Waals surface area (Å²) in [4.78, 5) is 11.2. The van der Waals surface area contributed by atoms with Gasteiger partial charge in [0.05, 0.1) is 39.1 Å². The molecule has 2 heterocycles. The van der Waals surface area contributed by atoms with Crippen molar-refractivity contribution < 1.29 is 9.28 Å². The third-order valence-electron chi connectivity index (χ3n) is 3.45. The summed E-state index contributed by atoms with van der Waals surface area (Å²) in [6.07, 6.45) is 3.29. The number of nitrogens with one attached hydrogen (secondary N) is 1. The van der Waals surface area contributed by atoms with Gasteiger partial charge in [-0.1, -0.05) is 0 Å². The number of amides is 1. The average Bonchev–Trinajstić information content (AvgIpc) is 2.27. The molecule has 0 radical (unpaired) electrons. The van der Waals surface area contributed by atoms with E-state index < -0.39 is 0 Å². The van der Waals surface area contributed by atoms with Gasteiger partial charge in [-0.25, -0.2) is 0 Å². The lowest BCUT2D eigenvalue weighted by atomic mass is 10.1. The lowest BCUT2D eigenvalue weighted by Crippen LogP contribution is -2.48. The minimum atomic E-state index is 0.253. The smallest absolute Gasteiger partial charge is 0.226 e. The van der Waals surface area contributed by atoms with Crippen LogP contribution in [0.1, 0.15) is 19.3 Å². The van der Waals surface area contributed by atoms with E-state index in [2.05, 4.69) is 12.4 Å². The maximum atomic E-state index is 11.2. The van der Waals surface area contributed by atoms with Gasteiger partial charge < -0.3 is 9.80 Å². The van der Waals surface area contributed by atoms with Gasteiger partial charge in [0.15, 0.2) is 0 Å². The molecule has 3 heteroatoms. The van der Waals surface area contributed by atoms with Crippen LogP contribution in [0.25, 0.3) is 0 Å². The Morgan fingerprint density at radius 1 is 1.50 bits per heavy atom. The molecule has 2 aliphatic heterocycles. The zero-order valence-corrected chi connectivity index (χ0v) is 7.68. The maximum Gasteiger partial charge on any atom is 0.226 e. The topological polar surface area (TPSA) is 29.1 Å². The van der Waals surface area contributed by atoms with Crippen molar-refractivity contribution in [2.24, 2.45) is 0 Å². The number of hydrogen-bond donors (Lipinski definition) is 1. The van der Waals surface area contributed by atoms with Crippen LogP contribution >= 0.6 is 0 Å². The first kappa shape index (κ1) is 8.05. The Balaban J connectivity index is 2.15. The van der Waals surface area contributed by atoms with Gasteiger partial charge in [0.2, 0.25) is 5.91 Å². The highest BCUT2D eigenvalue weighted by molar-refractivity contribution is 5.76. The van der Waals surface area contributed by atoms with Crippen LogP contribution < -0.4 is 5.32 Å². The van der Waals surface area contributed by atoms with Crippen LogP contribution in [-0.4, -0.2) is 43.1 Å². The normalized spacial score (nSPS) is 41.8. The molecule has 2 saturated heterocycles. The van der Waals surface area contributed by atoms with Crippen molar-refractivity contribution in [1.82, 2.24) is 5.32 Å². The van der Waals surface area contributed by atoms with Crippen molar-refractivity contribution in [3.63, 3.8) is 0 Å². The molecule has 2 fully saturated rings. The van der Waals surface area contributed by atoms with E-state index in [0.717, 1.165) is 24.0 Å². The Kier molecular flexibility index (Phi) is 1.83. The standard InChI is InChI=1S/C9H16N2O/c1-11-5-2-3-8(11)7-9(12)10-4-6-11/h8H,2-7H2,1H3/p+1/t8-,11?/m0/s1. The molecule has 68 valence electrons. The molecule has 0 aliphatic carbocycles. The number of likely N-dealkylation sites (N-methyl/N-ethyl adjacent to an activating group) is 1. The lowest BCUT2D eigenvalue weighted by Gasteiger charge is -2.33. The highest BCUT2D eigenvalue weighted by Crippen LogP contribution is 2.27. The van der Waals surface area contributed by atoms with Crippen LogP contribution in [0.5, 0.6) is 0 Å². The fourth-order valence-corrected chi connectivity index (χ4v) is 2.54. The van der Waals surface area contributed by atoms with Crippen molar-refractivity contribution in [3.8, 4) is 0 Å². The van der Waals surface area contributed by atoms with Crippen LogP contribution in [0, 0.1) is 0 Å². The third-order valence-corrected chi connectivity index (χ3v) is 3.45. The molecular formula is C9H17N2O+. The molecular weight excluding hydrogens is 152 g/mol. The molecule has 0 spiro atoms. The number of quaternary nitrogens is 1. The Labute approximate surface area is 73.3 Å². The summed E-state index contributed by atoms with van der Waals surface area (Å²) in [5.74, 6) is 0.253. The highest BCUT2D eigenvalue weighted by atomic mass is 16.1. The first-order valence-corrected chi connectivity index (χ1v) is 4.82. The molecule has 2 aliphatic rings. The van der Waals surface area contributed by atoms with E-state index in [1.165, 1.54) is 19.4 Å². The Bertz CT molecular complexity index is 205. The van der Waals surface area contributed by atoms with E-state index >= 15 is 0 Å². The summed E-state index contributed by atoms with van der Waals surface area (Å²) in [6, 6.07) is 0.604. The van der Waals surface area contributed by atoms with Gasteiger partial charge in [-0.3, -0.25) is 4.79 Å². The summed E-state index contributed by atoms with van der Waals surface area (Å²) in [5.41, 5.74) is 0. The van der Waals surface area contributed by atoms with Crippen molar-refractivity contribution in [1.29, 1.82) is 0 Å². The highest BCUT2D eigenvalue weighted by Gasteiger charge is 2.40. The minimum absolute atomic E-state index is 0.253. The molecule has 3 nitrogen and oxygen atoms in total. The average molecular weight is 169 g/mol. The van der Waals surface area contributed by atoms with Gasteiger partial charge in [-0.15, -0.1) is 0 Å². The van der Waals surface area contributed by atoms with Crippen molar-refractivity contribution >= 4 is 5.91 Å². The van der Waals surface area contributed by atoms with E-state index in [1.807, 2.05) is 0 Å². The zero-order valence-electron chi connectivity index (χ0n) is 7.68. The van der Waals surface area contributed by atoms with Gasteiger partial charge >= 0.3 is 0 Å². The van der Waals surface area contributed by atoms with Gasteiger partial charge in [-0.05, 0) is 0 Å². The summed E-state index contributed by atoms with van der Waals surface area (Å²) in [6.45, 7) is 3.25. The van der Waals surface area contributed by atoms with Crippen molar-refractivity contribution in [2.75, 3.05) is 26.7 Å².